The largest absolute Gasteiger partial charge is 0.352 e. The molecule has 2 atom stereocenters. The number of benzene rings is 1. The standard InChI is InChI=1S/C13H17ClN2O.ClH/c14-11-6-2-1-4-9(11)8-16-13(17)10-5-3-7-12(10)15;/h1-2,4,6,10,12H,3,5,7-8,15H2,(H,16,17);1H. The molecule has 18 heavy (non-hydrogen) atoms. The van der Waals surface area contributed by atoms with Gasteiger partial charge in [0.05, 0.1) is 5.92 Å². The van der Waals surface area contributed by atoms with Gasteiger partial charge in [-0.2, -0.15) is 0 Å². The Labute approximate surface area is 118 Å². The first kappa shape index (κ1) is 15.3. The molecule has 3 N–H and O–H groups in total. The number of carbonyl (C=O) groups excluding carboxylic acids is 1. The fourth-order valence-corrected chi connectivity index (χ4v) is 2.47. The highest BCUT2D eigenvalue weighted by molar-refractivity contribution is 6.31. The van der Waals surface area contributed by atoms with Crippen molar-refractivity contribution in [3.63, 3.8) is 0 Å². The third-order valence-electron chi connectivity index (χ3n) is 3.32. The van der Waals surface area contributed by atoms with Gasteiger partial charge in [-0.15, -0.1) is 12.4 Å². The Morgan fingerprint density at radius 3 is 2.72 bits per heavy atom. The number of carbonyl (C=O) groups is 1. The van der Waals surface area contributed by atoms with Crippen LogP contribution in [0.2, 0.25) is 5.02 Å². The molecule has 1 aromatic rings. The van der Waals surface area contributed by atoms with Gasteiger partial charge in [-0.25, -0.2) is 0 Å². The van der Waals surface area contributed by atoms with Crippen molar-refractivity contribution >= 4 is 29.9 Å². The maximum Gasteiger partial charge on any atom is 0.224 e. The van der Waals surface area contributed by atoms with Gasteiger partial charge in [-0.1, -0.05) is 36.2 Å². The van der Waals surface area contributed by atoms with E-state index in [4.69, 9.17) is 17.3 Å². The lowest BCUT2D eigenvalue weighted by atomic mass is 10.0. The highest BCUT2D eigenvalue weighted by Gasteiger charge is 2.29. The normalized spacial score (nSPS) is 22.3. The molecule has 0 aliphatic heterocycles. The van der Waals surface area contributed by atoms with Gasteiger partial charge in [-0.05, 0) is 24.5 Å². The number of rotatable bonds is 3. The molecule has 2 rings (SSSR count). The number of halogens is 2. The van der Waals surface area contributed by atoms with Crippen LogP contribution in [0, 0.1) is 5.92 Å². The van der Waals surface area contributed by atoms with Crippen LogP contribution in [0.1, 0.15) is 24.8 Å². The van der Waals surface area contributed by atoms with E-state index in [0.717, 1.165) is 24.8 Å². The average molecular weight is 289 g/mol. The zero-order chi connectivity index (χ0) is 12.3. The van der Waals surface area contributed by atoms with Crippen LogP contribution in [0.4, 0.5) is 0 Å². The second-order valence-electron chi connectivity index (χ2n) is 4.51. The Hall–Kier alpha value is -0.770. The van der Waals surface area contributed by atoms with Crippen LogP contribution in [-0.4, -0.2) is 11.9 Å². The molecule has 0 saturated heterocycles. The number of nitrogens with one attached hydrogen (secondary N) is 1. The van der Waals surface area contributed by atoms with E-state index < -0.39 is 0 Å². The van der Waals surface area contributed by atoms with Crippen LogP contribution >= 0.6 is 24.0 Å². The molecule has 1 aliphatic carbocycles. The number of nitrogens with two attached hydrogens (primary N) is 1. The van der Waals surface area contributed by atoms with E-state index in [0.29, 0.717) is 11.6 Å². The van der Waals surface area contributed by atoms with Crippen molar-refractivity contribution in [2.24, 2.45) is 11.7 Å². The Bertz CT molecular complexity index is 412. The van der Waals surface area contributed by atoms with Crippen LogP contribution in [0.15, 0.2) is 24.3 Å². The molecule has 1 aromatic carbocycles. The monoisotopic (exact) mass is 288 g/mol. The maximum absolute atomic E-state index is 11.9. The molecule has 1 fully saturated rings. The molecule has 2 unspecified atom stereocenters. The summed E-state index contributed by atoms with van der Waals surface area (Å²) in [5.74, 6) is 0.0207. The smallest absolute Gasteiger partial charge is 0.224 e. The summed E-state index contributed by atoms with van der Waals surface area (Å²) >= 11 is 6.02. The van der Waals surface area contributed by atoms with Gasteiger partial charge in [0.1, 0.15) is 0 Å². The van der Waals surface area contributed by atoms with E-state index >= 15 is 0 Å². The van der Waals surface area contributed by atoms with Gasteiger partial charge in [0, 0.05) is 17.6 Å². The fraction of sp³-hybridized carbons (Fsp3) is 0.462. The Balaban J connectivity index is 0.00000162. The predicted molar refractivity (Wildman–Crippen MR) is 75.9 cm³/mol. The van der Waals surface area contributed by atoms with E-state index in [1.807, 2.05) is 24.3 Å². The quantitative estimate of drug-likeness (QED) is 0.898. The topological polar surface area (TPSA) is 55.1 Å². The summed E-state index contributed by atoms with van der Waals surface area (Å²) in [6, 6.07) is 7.54. The van der Waals surface area contributed by atoms with Crippen molar-refractivity contribution in [3.8, 4) is 0 Å². The Kier molecular flexibility index (Phi) is 5.93. The second-order valence-corrected chi connectivity index (χ2v) is 4.92. The lowest BCUT2D eigenvalue weighted by Crippen LogP contribution is -2.38. The molecule has 1 aliphatic rings. The van der Waals surface area contributed by atoms with Crippen LogP contribution < -0.4 is 11.1 Å². The summed E-state index contributed by atoms with van der Waals surface area (Å²) in [6.45, 7) is 0.474. The molecule has 0 bridgehead atoms. The molecular formula is C13H18Cl2N2O. The van der Waals surface area contributed by atoms with Crippen molar-refractivity contribution in [2.45, 2.75) is 31.8 Å². The van der Waals surface area contributed by atoms with Crippen molar-refractivity contribution in [1.29, 1.82) is 0 Å². The second kappa shape index (κ2) is 6.98. The lowest BCUT2D eigenvalue weighted by molar-refractivity contribution is -0.125. The summed E-state index contributed by atoms with van der Waals surface area (Å²) in [7, 11) is 0. The van der Waals surface area contributed by atoms with Gasteiger partial charge >= 0.3 is 0 Å². The van der Waals surface area contributed by atoms with Crippen molar-refractivity contribution in [2.75, 3.05) is 0 Å². The molecule has 1 saturated carbocycles. The van der Waals surface area contributed by atoms with Gasteiger partial charge < -0.3 is 11.1 Å². The maximum atomic E-state index is 11.9. The van der Waals surface area contributed by atoms with Crippen LogP contribution in [0.25, 0.3) is 0 Å². The first-order chi connectivity index (χ1) is 8.18. The molecule has 0 aromatic heterocycles. The first-order valence-electron chi connectivity index (χ1n) is 5.95. The SMILES string of the molecule is Cl.NC1CCCC1C(=O)NCc1ccccc1Cl. The van der Waals surface area contributed by atoms with E-state index in [-0.39, 0.29) is 30.3 Å². The Morgan fingerprint density at radius 2 is 2.11 bits per heavy atom. The van der Waals surface area contributed by atoms with Crippen molar-refractivity contribution < 1.29 is 4.79 Å². The predicted octanol–water partition coefficient (Wildman–Crippen LogP) is 2.51. The van der Waals surface area contributed by atoms with Crippen molar-refractivity contribution in [1.82, 2.24) is 5.32 Å². The van der Waals surface area contributed by atoms with E-state index in [1.54, 1.807) is 0 Å². The molecule has 0 spiro atoms. The molecule has 0 radical (unpaired) electrons. The summed E-state index contributed by atoms with van der Waals surface area (Å²) in [5.41, 5.74) is 6.83. The average Bonchev–Trinajstić information content (AvgIpc) is 2.74. The zero-order valence-electron chi connectivity index (χ0n) is 10.1. The van der Waals surface area contributed by atoms with Gasteiger partial charge in [-0.3, -0.25) is 4.79 Å². The molecule has 1 amide bonds. The number of hydrogen-bond acceptors (Lipinski definition) is 2. The number of hydrogen-bond donors (Lipinski definition) is 2. The minimum atomic E-state index is -0.0301. The van der Waals surface area contributed by atoms with Crippen LogP contribution in [0.3, 0.4) is 0 Å². The molecule has 5 heteroatoms. The summed E-state index contributed by atoms with van der Waals surface area (Å²) < 4.78 is 0. The van der Waals surface area contributed by atoms with Crippen molar-refractivity contribution in [3.05, 3.63) is 34.9 Å². The summed E-state index contributed by atoms with van der Waals surface area (Å²) in [6.07, 6.45) is 2.89. The van der Waals surface area contributed by atoms with E-state index in [2.05, 4.69) is 5.32 Å². The molecular weight excluding hydrogens is 271 g/mol. The zero-order valence-corrected chi connectivity index (χ0v) is 11.6. The Morgan fingerprint density at radius 1 is 1.39 bits per heavy atom. The first-order valence-corrected chi connectivity index (χ1v) is 6.33. The molecule has 0 heterocycles. The number of amides is 1. The molecule has 100 valence electrons. The van der Waals surface area contributed by atoms with Crippen LogP contribution in [0.5, 0.6) is 0 Å². The van der Waals surface area contributed by atoms with Crippen LogP contribution in [-0.2, 0) is 11.3 Å². The highest BCUT2D eigenvalue weighted by atomic mass is 35.5. The minimum absolute atomic E-state index is 0. The van der Waals surface area contributed by atoms with Gasteiger partial charge in [0.15, 0.2) is 0 Å². The van der Waals surface area contributed by atoms with E-state index in [9.17, 15) is 4.79 Å². The fourth-order valence-electron chi connectivity index (χ4n) is 2.27. The minimum Gasteiger partial charge on any atom is -0.352 e. The van der Waals surface area contributed by atoms with E-state index in [1.165, 1.54) is 0 Å². The third-order valence-corrected chi connectivity index (χ3v) is 3.69. The molecule has 3 nitrogen and oxygen atoms in total. The summed E-state index contributed by atoms with van der Waals surface area (Å²) in [4.78, 5) is 11.9. The summed E-state index contributed by atoms with van der Waals surface area (Å²) in [5, 5.41) is 3.59. The van der Waals surface area contributed by atoms with Gasteiger partial charge in [0.25, 0.3) is 0 Å². The highest BCUT2D eigenvalue weighted by Crippen LogP contribution is 2.24. The lowest BCUT2D eigenvalue weighted by Gasteiger charge is -2.15. The third kappa shape index (κ3) is 3.61. The van der Waals surface area contributed by atoms with Gasteiger partial charge in [0.2, 0.25) is 5.91 Å².